The van der Waals surface area contributed by atoms with E-state index in [-0.39, 0.29) is 0 Å². The van der Waals surface area contributed by atoms with Gasteiger partial charge in [-0.3, -0.25) is 4.68 Å². The van der Waals surface area contributed by atoms with E-state index in [9.17, 15) is 0 Å². The molecule has 2 aliphatic carbocycles. The number of hydrogen-bond donors (Lipinski definition) is 1. The number of nitrogens with one attached hydrogen (secondary N) is 1. The minimum atomic E-state index is 0.499. The van der Waals surface area contributed by atoms with Gasteiger partial charge in [-0.2, -0.15) is 5.10 Å². The molecule has 18 heavy (non-hydrogen) atoms. The van der Waals surface area contributed by atoms with Gasteiger partial charge in [-0.15, -0.1) is 0 Å². The lowest BCUT2D eigenvalue weighted by atomic mass is 10.0. The van der Waals surface area contributed by atoms with Crippen LogP contribution in [0.4, 0.5) is 0 Å². The number of hydrogen-bond acceptors (Lipinski definition) is 2. The normalized spacial score (nSPS) is 32.0. The van der Waals surface area contributed by atoms with Gasteiger partial charge in [-0.05, 0) is 49.6 Å². The summed E-state index contributed by atoms with van der Waals surface area (Å²) in [5.74, 6) is 2.82. The van der Waals surface area contributed by atoms with E-state index in [2.05, 4.69) is 29.6 Å². The smallest absolute Gasteiger partial charge is 0.0796 e. The minimum absolute atomic E-state index is 0.499. The van der Waals surface area contributed by atoms with Crippen molar-refractivity contribution in [2.45, 2.75) is 45.1 Å². The van der Waals surface area contributed by atoms with Gasteiger partial charge >= 0.3 is 0 Å². The van der Waals surface area contributed by atoms with Crippen molar-refractivity contribution >= 4 is 0 Å². The number of nitrogens with zero attached hydrogens (tertiary/aromatic N) is 2. The lowest BCUT2D eigenvalue weighted by Gasteiger charge is -2.16. The summed E-state index contributed by atoms with van der Waals surface area (Å²) >= 11 is 0. The van der Waals surface area contributed by atoms with Gasteiger partial charge in [-0.1, -0.05) is 19.8 Å². The number of aryl methyl sites for hydroxylation is 1. The first-order chi connectivity index (χ1) is 8.81. The summed E-state index contributed by atoms with van der Waals surface area (Å²) in [5.41, 5.74) is 1.25. The Labute approximate surface area is 110 Å². The highest BCUT2D eigenvalue weighted by Crippen LogP contribution is 2.60. The van der Waals surface area contributed by atoms with Crippen molar-refractivity contribution in [1.29, 1.82) is 0 Å². The molecule has 3 atom stereocenters. The predicted molar refractivity (Wildman–Crippen MR) is 73.2 cm³/mol. The van der Waals surface area contributed by atoms with E-state index in [1.54, 1.807) is 0 Å². The van der Waals surface area contributed by atoms with Gasteiger partial charge in [0.2, 0.25) is 0 Å². The highest BCUT2D eigenvalue weighted by molar-refractivity contribution is 5.15. The van der Waals surface area contributed by atoms with Crippen LogP contribution in [-0.4, -0.2) is 16.3 Å². The van der Waals surface area contributed by atoms with Gasteiger partial charge in [0.25, 0.3) is 0 Å². The molecule has 3 unspecified atom stereocenters. The molecule has 3 nitrogen and oxygen atoms in total. The summed E-state index contributed by atoms with van der Waals surface area (Å²) < 4.78 is 1.93. The molecule has 3 rings (SSSR count). The molecule has 1 N–H and O–H groups in total. The SMILES string of the molecule is CCCNC(c1ccn(C)n1)C1C2CCCCC21. The second-order valence-corrected chi connectivity index (χ2v) is 6.04. The number of rotatable bonds is 5. The molecular formula is C15H25N3. The third kappa shape index (κ3) is 2.20. The summed E-state index contributed by atoms with van der Waals surface area (Å²) in [4.78, 5) is 0. The zero-order valence-electron chi connectivity index (χ0n) is 11.6. The summed E-state index contributed by atoms with van der Waals surface area (Å²) in [6.07, 6.45) is 9.06. The molecule has 0 radical (unpaired) electrons. The van der Waals surface area contributed by atoms with Gasteiger partial charge in [0.05, 0.1) is 11.7 Å². The van der Waals surface area contributed by atoms with Gasteiger partial charge < -0.3 is 5.32 Å². The maximum atomic E-state index is 4.64. The maximum Gasteiger partial charge on any atom is 0.0796 e. The molecule has 1 aromatic heterocycles. The first-order valence-electron chi connectivity index (χ1n) is 7.54. The lowest BCUT2D eigenvalue weighted by molar-refractivity contribution is 0.432. The largest absolute Gasteiger partial charge is 0.308 e. The Morgan fingerprint density at radius 3 is 2.67 bits per heavy atom. The van der Waals surface area contributed by atoms with Crippen molar-refractivity contribution in [3.05, 3.63) is 18.0 Å². The number of fused-ring (bicyclic) bond motifs is 1. The highest BCUT2D eigenvalue weighted by atomic mass is 15.3. The quantitative estimate of drug-likeness (QED) is 0.867. The Morgan fingerprint density at radius 1 is 1.39 bits per heavy atom. The first-order valence-corrected chi connectivity index (χ1v) is 7.54. The maximum absolute atomic E-state index is 4.64. The van der Waals surface area contributed by atoms with Crippen LogP contribution in [0.15, 0.2) is 12.3 Å². The van der Waals surface area contributed by atoms with Crippen LogP contribution in [0.2, 0.25) is 0 Å². The van der Waals surface area contributed by atoms with E-state index >= 15 is 0 Å². The summed E-state index contributed by atoms with van der Waals surface area (Å²) in [6.45, 7) is 3.35. The summed E-state index contributed by atoms with van der Waals surface area (Å²) in [6, 6.07) is 2.69. The van der Waals surface area contributed by atoms with Crippen molar-refractivity contribution in [1.82, 2.24) is 15.1 Å². The van der Waals surface area contributed by atoms with Crippen LogP contribution in [0, 0.1) is 17.8 Å². The average Bonchev–Trinajstić information content (AvgIpc) is 2.95. The molecule has 1 heterocycles. The Bertz CT molecular complexity index is 386. The molecule has 100 valence electrons. The standard InChI is InChI=1S/C15H25N3/c1-3-9-16-15(13-8-10-18(2)17-13)14-11-6-4-5-7-12(11)14/h8,10-12,14-16H,3-7,9H2,1-2H3. The molecular weight excluding hydrogens is 222 g/mol. The molecule has 2 fully saturated rings. The zero-order chi connectivity index (χ0) is 12.5. The fraction of sp³-hybridized carbons (Fsp3) is 0.800. The Hall–Kier alpha value is -0.830. The van der Waals surface area contributed by atoms with E-state index in [0.29, 0.717) is 6.04 Å². The van der Waals surface area contributed by atoms with Crippen LogP contribution in [0.3, 0.4) is 0 Å². The van der Waals surface area contributed by atoms with Crippen LogP contribution < -0.4 is 5.32 Å². The zero-order valence-corrected chi connectivity index (χ0v) is 11.6. The minimum Gasteiger partial charge on any atom is -0.308 e. The number of aromatic nitrogens is 2. The van der Waals surface area contributed by atoms with E-state index < -0.39 is 0 Å². The topological polar surface area (TPSA) is 29.9 Å². The van der Waals surface area contributed by atoms with Gasteiger partial charge in [-0.25, -0.2) is 0 Å². The van der Waals surface area contributed by atoms with Crippen LogP contribution in [0.25, 0.3) is 0 Å². The Morgan fingerprint density at radius 2 is 2.11 bits per heavy atom. The van der Waals surface area contributed by atoms with Gasteiger partial charge in [0.15, 0.2) is 0 Å². The summed E-state index contributed by atoms with van der Waals surface area (Å²) in [5, 5.41) is 8.38. The van der Waals surface area contributed by atoms with E-state index in [4.69, 9.17) is 0 Å². The van der Waals surface area contributed by atoms with Crippen molar-refractivity contribution < 1.29 is 0 Å². The molecule has 2 saturated carbocycles. The molecule has 0 saturated heterocycles. The molecule has 0 amide bonds. The second-order valence-electron chi connectivity index (χ2n) is 6.04. The van der Waals surface area contributed by atoms with Crippen molar-refractivity contribution in [3.8, 4) is 0 Å². The molecule has 0 bridgehead atoms. The molecule has 0 aliphatic heterocycles. The van der Waals surface area contributed by atoms with E-state index in [0.717, 1.165) is 24.3 Å². The summed E-state index contributed by atoms with van der Waals surface area (Å²) in [7, 11) is 2.01. The van der Waals surface area contributed by atoms with E-state index in [1.807, 2.05) is 11.7 Å². The molecule has 0 aromatic carbocycles. The molecule has 0 spiro atoms. The lowest BCUT2D eigenvalue weighted by Crippen LogP contribution is -2.25. The average molecular weight is 247 g/mol. The monoisotopic (exact) mass is 247 g/mol. The van der Waals surface area contributed by atoms with Crippen LogP contribution in [0.1, 0.15) is 50.8 Å². The Kier molecular flexibility index (Phi) is 3.42. The van der Waals surface area contributed by atoms with Crippen LogP contribution in [-0.2, 0) is 7.05 Å². The fourth-order valence-electron chi connectivity index (χ4n) is 3.88. The Balaban J connectivity index is 1.74. The third-order valence-corrected chi connectivity index (χ3v) is 4.77. The van der Waals surface area contributed by atoms with Crippen LogP contribution >= 0.6 is 0 Å². The molecule has 3 heteroatoms. The van der Waals surface area contributed by atoms with Gasteiger partial charge in [0, 0.05) is 13.2 Å². The van der Waals surface area contributed by atoms with Crippen molar-refractivity contribution in [2.24, 2.45) is 24.8 Å². The fourth-order valence-corrected chi connectivity index (χ4v) is 3.88. The molecule has 1 aromatic rings. The third-order valence-electron chi connectivity index (χ3n) is 4.77. The second kappa shape index (κ2) is 5.04. The van der Waals surface area contributed by atoms with Crippen LogP contribution in [0.5, 0.6) is 0 Å². The van der Waals surface area contributed by atoms with Gasteiger partial charge in [0.1, 0.15) is 0 Å². The first kappa shape index (κ1) is 12.2. The predicted octanol–water partition coefficient (Wildman–Crippen LogP) is 2.90. The van der Waals surface area contributed by atoms with Crippen molar-refractivity contribution in [3.63, 3.8) is 0 Å². The van der Waals surface area contributed by atoms with E-state index in [1.165, 1.54) is 37.8 Å². The van der Waals surface area contributed by atoms with Crippen molar-refractivity contribution in [2.75, 3.05) is 6.54 Å². The highest BCUT2D eigenvalue weighted by Gasteiger charge is 2.54. The molecule has 2 aliphatic rings.